The van der Waals surface area contributed by atoms with Gasteiger partial charge in [-0.05, 0) is 19.9 Å². The van der Waals surface area contributed by atoms with Crippen molar-refractivity contribution in [2.24, 2.45) is 5.73 Å². The van der Waals surface area contributed by atoms with Gasteiger partial charge in [0.1, 0.15) is 0 Å². The smallest absolute Gasteiger partial charge is 0.249 e. The van der Waals surface area contributed by atoms with E-state index in [1.807, 2.05) is 13.8 Å². The van der Waals surface area contributed by atoms with Crippen molar-refractivity contribution >= 4 is 23.2 Å². The SMILES string of the molecule is CCN(C)C(=O)C(C)NCc1cc(C(N)=O)cs1. The van der Waals surface area contributed by atoms with Crippen molar-refractivity contribution in [1.29, 1.82) is 0 Å². The Morgan fingerprint density at radius 2 is 2.22 bits per heavy atom. The Kier molecular flexibility index (Phi) is 5.30. The number of carbonyl (C=O) groups excluding carboxylic acids is 2. The molecule has 6 heteroatoms. The Balaban J connectivity index is 2.49. The topological polar surface area (TPSA) is 75.4 Å². The van der Waals surface area contributed by atoms with Gasteiger partial charge in [0, 0.05) is 30.4 Å². The first-order chi connectivity index (χ1) is 8.45. The van der Waals surface area contributed by atoms with Crippen molar-refractivity contribution in [3.8, 4) is 0 Å². The highest BCUT2D eigenvalue weighted by atomic mass is 32.1. The van der Waals surface area contributed by atoms with Gasteiger partial charge < -0.3 is 16.0 Å². The fourth-order valence-corrected chi connectivity index (χ4v) is 2.25. The number of hydrogen-bond donors (Lipinski definition) is 2. The van der Waals surface area contributed by atoms with Gasteiger partial charge in [0.15, 0.2) is 0 Å². The van der Waals surface area contributed by atoms with Crippen molar-refractivity contribution in [1.82, 2.24) is 10.2 Å². The Morgan fingerprint density at radius 1 is 1.56 bits per heavy atom. The normalized spacial score (nSPS) is 12.2. The summed E-state index contributed by atoms with van der Waals surface area (Å²) >= 11 is 1.46. The predicted octanol–water partition coefficient (Wildman–Crippen LogP) is 0.803. The zero-order chi connectivity index (χ0) is 13.7. The van der Waals surface area contributed by atoms with Crippen LogP contribution >= 0.6 is 11.3 Å². The van der Waals surface area contributed by atoms with Crippen LogP contribution in [0, 0.1) is 0 Å². The van der Waals surface area contributed by atoms with Crippen molar-refractivity contribution < 1.29 is 9.59 Å². The van der Waals surface area contributed by atoms with E-state index in [4.69, 9.17) is 5.73 Å². The van der Waals surface area contributed by atoms with Crippen LogP contribution in [0.1, 0.15) is 29.1 Å². The molecule has 0 spiro atoms. The first-order valence-corrected chi connectivity index (χ1v) is 6.69. The zero-order valence-electron chi connectivity index (χ0n) is 10.9. The highest BCUT2D eigenvalue weighted by molar-refractivity contribution is 7.10. The minimum absolute atomic E-state index is 0.0594. The predicted molar refractivity (Wildman–Crippen MR) is 72.4 cm³/mol. The first kappa shape index (κ1) is 14.7. The Hall–Kier alpha value is -1.40. The first-order valence-electron chi connectivity index (χ1n) is 5.81. The quantitative estimate of drug-likeness (QED) is 0.802. The number of carbonyl (C=O) groups is 2. The van der Waals surface area contributed by atoms with E-state index in [1.54, 1.807) is 23.4 Å². The number of hydrogen-bond acceptors (Lipinski definition) is 4. The summed E-state index contributed by atoms with van der Waals surface area (Å²) in [7, 11) is 1.77. The molecular weight excluding hydrogens is 250 g/mol. The molecule has 0 saturated heterocycles. The number of amides is 2. The summed E-state index contributed by atoms with van der Waals surface area (Å²) in [5, 5.41) is 4.86. The van der Waals surface area contributed by atoms with Crippen LogP contribution in [0.3, 0.4) is 0 Å². The Labute approximate surface area is 111 Å². The van der Waals surface area contributed by atoms with Crippen LogP contribution in [0.15, 0.2) is 11.4 Å². The molecule has 1 unspecified atom stereocenters. The molecule has 0 bridgehead atoms. The third-order valence-corrected chi connectivity index (χ3v) is 3.68. The Bertz CT molecular complexity index is 431. The fourth-order valence-electron chi connectivity index (χ4n) is 1.43. The standard InChI is InChI=1S/C12H19N3O2S/c1-4-15(3)12(17)8(2)14-6-10-5-9(7-18-10)11(13)16/h5,7-8,14H,4,6H2,1-3H3,(H2,13,16). The van der Waals surface area contributed by atoms with E-state index < -0.39 is 5.91 Å². The lowest BCUT2D eigenvalue weighted by Gasteiger charge is -2.20. The molecule has 1 aromatic heterocycles. The summed E-state index contributed by atoms with van der Waals surface area (Å²) in [5.41, 5.74) is 5.69. The number of rotatable bonds is 6. The molecule has 0 fully saturated rings. The van der Waals surface area contributed by atoms with E-state index in [-0.39, 0.29) is 11.9 Å². The van der Waals surface area contributed by atoms with E-state index in [0.29, 0.717) is 18.7 Å². The lowest BCUT2D eigenvalue weighted by Crippen LogP contribution is -2.42. The van der Waals surface area contributed by atoms with Gasteiger partial charge in [0.25, 0.3) is 0 Å². The van der Waals surface area contributed by atoms with Crippen LogP contribution in [0.25, 0.3) is 0 Å². The highest BCUT2D eigenvalue weighted by Gasteiger charge is 2.15. The molecule has 1 heterocycles. The maximum Gasteiger partial charge on any atom is 0.249 e. The molecule has 1 atom stereocenters. The van der Waals surface area contributed by atoms with E-state index in [1.165, 1.54) is 11.3 Å². The zero-order valence-corrected chi connectivity index (χ0v) is 11.7. The van der Waals surface area contributed by atoms with E-state index in [2.05, 4.69) is 5.32 Å². The molecule has 0 radical (unpaired) electrons. The van der Waals surface area contributed by atoms with Gasteiger partial charge in [0.2, 0.25) is 11.8 Å². The number of primary amides is 1. The summed E-state index contributed by atoms with van der Waals surface area (Å²) in [6.45, 7) is 5.01. The number of likely N-dealkylation sites (N-methyl/N-ethyl adjacent to an activating group) is 1. The number of thiophene rings is 1. The lowest BCUT2D eigenvalue weighted by molar-refractivity contribution is -0.131. The summed E-state index contributed by atoms with van der Waals surface area (Å²) in [6, 6.07) is 1.51. The number of nitrogens with zero attached hydrogens (tertiary/aromatic N) is 1. The highest BCUT2D eigenvalue weighted by Crippen LogP contribution is 2.14. The summed E-state index contributed by atoms with van der Waals surface area (Å²) in [4.78, 5) is 25.4. The summed E-state index contributed by atoms with van der Waals surface area (Å²) < 4.78 is 0. The number of nitrogens with one attached hydrogen (secondary N) is 1. The minimum Gasteiger partial charge on any atom is -0.366 e. The second-order valence-electron chi connectivity index (χ2n) is 4.12. The van der Waals surface area contributed by atoms with Gasteiger partial charge in [-0.25, -0.2) is 0 Å². The lowest BCUT2D eigenvalue weighted by atomic mass is 10.2. The van der Waals surface area contributed by atoms with Crippen LogP contribution in [0.2, 0.25) is 0 Å². The average Bonchev–Trinajstić information content (AvgIpc) is 2.82. The minimum atomic E-state index is -0.424. The van der Waals surface area contributed by atoms with Gasteiger partial charge >= 0.3 is 0 Å². The van der Waals surface area contributed by atoms with E-state index in [9.17, 15) is 9.59 Å². The van der Waals surface area contributed by atoms with Crippen LogP contribution in [-0.4, -0.2) is 36.3 Å². The third kappa shape index (κ3) is 3.82. The number of nitrogens with two attached hydrogens (primary N) is 1. The average molecular weight is 269 g/mol. The molecule has 0 aliphatic rings. The molecule has 18 heavy (non-hydrogen) atoms. The summed E-state index contributed by atoms with van der Waals surface area (Å²) in [6.07, 6.45) is 0. The van der Waals surface area contributed by atoms with Crippen LogP contribution in [0.5, 0.6) is 0 Å². The largest absolute Gasteiger partial charge is 0.366 e. The monoisotopic (exact) mass is 269 g/mol. The van der Waals surface area contributed by atoms with Crippen LogP contribution in [-0.2, 0) is 11.3 Å². The Morgan fingerprint density at radius 3 is 2.72 bits per heavy atom. The molecule has 100 valence electrons. The van der Waals surface area contributed by atoms with Crippen molar-refractivity contribution in [3.05, 3.63) is 21.9 Å². The van der Waals surface area contributed by atoms with E-state index >= 15 is 0 Å². The van der Waals surface area contributed by atoms with Crippen molar-refractivity contribution in [2.45, 2.75) is 26.4 Å². The molecular formula is C12H19N3O2S. The van der Waals surface area contributed by atoms with E-state index in [0.717, 1.165) is 4.88 Å². The van der Waals surface area contributed by atoms with Gasteiger partial charge in [0.05, 0.1) is 11.6 Å². The molecule has 0 aliphatic carbocycles. The van der Waals surface area contributed by atoms with Crippen molar-refractivity contribution in [2.75, 3.05) is 13.6 Å². The molecule has 1 aromatic rings. The van der Waals surface area contributed by atoms with Gasteiger partial charge in [-0.15, -0.1) is 11.3 Å². The molecule has 0 saturated carbocycles. The molecule has 0 aromatic carbocycles. The molecule has 5 nitrogen and oxygen atoms in total. The maximum atomic E-state index is 11.8. The molecule has 0 aliphatic heterocycles. The fraction of sp³-hybridized carbons (Fsp3) is 0.500. The molecule has 3 N–H and O–H groups in total. The molecule has 1 rings (SSSR count). The maximum absolute atomic E-state index is 11.8. The third-order valence-electron chi connectivity index (χ3n) is 2.74. The van der Waals surface area contributed by atoms with Crippen LogP contribution in [0.4, 0.5) is 0 Å². The second kappa shape index (κ2) is 6.51. The van der Waals surface area contributed by atoms with Gasteiger partial charge in [-0.1, -0.05) is 0 Å². The molecule has 2 amide bonds. The van der Waals surface area contributed by atoms with Gasteiger partial charge in [-0.2, -0.15) is 0 Å². The van der Waals surface area contributed by atoms with Crippen molar-refractivity contribution in [3.63, 3.8) is 0 Å². The second-order valence-corrected chi connectivity index (χ2v) is 5.12. The van der Waals surface area contributed by atoms with Crippen LogP contribution < -0.4 is 11.1 Å². The summed E-state index contributed by atoms with van der Waals surface area (Å²) in [5.74, 6) is -0.364. The van der Waals surface area contributed by atoms with Gasteiger partial charge in [-0.3, -0.25) is 9.59 Å².